The number of allylic oxidation sites excluding steroid dienone is 1. The summed E-state index contributed by atoms with van der Waals surface area (Å²) < 4.78 is 0. The van der Waals surface area contributed by atoms with Crippen LogP contribution >= 0.6 is 0 Å². The normalized spacial score (nSPS) is 18.9. The molecular formula is C12H18O3. The molecule has 15 heavy (non-hydrogen) atoms. The predicted octanol–water partition coefficient (Wildman–Crippen LogP) is 2.56. The van der Waals surface area contributed by atoms with Crippen LogP contribution in [0.15, 0.2) is 11.6 Å². The van der Waals surface area contributed by atoms with Gasteiger partial charge in [-0.25, -0.2) is 0 Å². The van der Waals surface area contributed by atoms with Crippen LogP contribution in [-0.2, 0) is 9.59 Å². The largest absolute Gasteiger partial charge is 0.481 e. The van der Waals surface area contributed by atoms with Crippen molar-refractivity contribution in [1.82, 2.24) is 0 Å². The van der Waals surface area contributed by atoms with Crippen LogP contribution in [0.25, 0.3) is 0 Å². The van der Waals surface area contributed by atoms with Gasteiger partial charge in [-0.3, -0.25) is 9.59 Å². The number of Topliss-reactive ketones (excluding diaryl/α,β-unsaturated/α-hetero) is 1. The Bertz CT molecular complexity index is 273. The lowest BCUT2D eigenvalue weighted by Crippen LogP contribution is -2.09. The molecule has 0 aromatic heterocycles. The molecule has 1 aliphatic rings. The summed E-state index contributed by atoms with van der Waals surface area (Å²) in [5, 5.41) is 8.67. The Morgan fingerprint density at radius 1 is 1.27 bits per heavy atom. The van der Waals surface area contributed by atoms with Crippen LogP contribution in [-0.4, -0.2) is 16.9 Å². The van der Waals surface area contributed by atoms with Crippen molar-refractivity contribution >= 4 is 11.8 Å². The summed E-state index contributed by atoms with van der Waals surface area (Å²) in [7, 11) is 0. The number of carboxylic acids is 1. The maximum absolute atomic E-state index is 11.2. The van der Waals surface area contributed by atoms with Crippen LogP contribution in [0.2, 0.25) is 0 Å². The third kappa shape index (κ3) is 4.28. The number of hydrogen-bond acceptors (Lipinski definition) is 2. The Morgan fingerprint density at radius 2 is 1.87 bits per heavy atom. The summed E-state index contributed by atoms with van der Waals surface area (Å²) in [6.07, 6.45) is 7.59. The molecule has 1 saturated carbocycles. The lowest BCUT2D eigenvalue weighted by molar-refractivity contribution is -0.136. The molecule has 0 radical (unpaired) electrons. The molecule has 1 rings (SSSR count). The predicted molar refractivity (Wildman–Crippen MR) is 57.6 cm³/mol. The summed E-state index contributed by atoms with van der Waals surface area (Å²) in [4.78, 5) is 21.8. The molecule has 0 atom stereocenters. The number of carbonyl (C=O) groups is 2. The first-order valence-corrected chi connectivity index (χ1v) is 5.53. The van der Waals surface area contributed by atoms with E-state index < -0.39 is 5.97 Å². The maximum Gasteiger partial charge on any atom is 0.307 e. The minimum Gasteiger partial charge on any atom is -0.481 e. The minimum absolute atomic E-state index is 0.108. The van der Waals surface area contributed by atoms with Gasteiger partial charge in [0, 0.05) is 5.57 Å². The van der Waals surface area contributed by atoms with Crippen LogP contribution in [0.5, 0.6) is 0 Å². The molecule has 0 unspecified atom stereocenters. The monoisotopic (exact) mass is 210 g/mol. The molecule has 1 fully saturated rings. The fourth-order valence-corrected chi connectivity index (χ4v) is 2.05. The summed E-state index contributed by atoms with van der Waals surface area (Å²) in [6, 6.07) is 0. The van der Waals surface area contributed by atoms with E-state index in [-0.39, 0.29) is 12.2 Å². The number of carboxylic acid groups (broad SMARTS) is 1. The molecule has 0 heterocycles. The second kappa shape index (κ2) is 5.69. The molecule has 3 heteroatoms. The van der Waals surface area contributed by atoms with E-state index in [0.717, 1.165) is 12.8 Å². The van der Waals surface area contributed by atoms with Gasteiger partial charge in [0.1, 0.15) is 0 Å². The molecule has 0 aromatic rings. The van der Waals surface area contributed by atoms with Crippen molar-refractivity contribution in [3.63, 3.8) is 0 Å². The van der Waals surface area contributed by atoms with Crippen molar-refractivity contribution in [2.45, 2.75) is 45.4 Å². The first-order chi connectivity index (χ1) is 7.09. The first-order valence-electron chi connectivity index (χ1n) is 5.53. The van der Waals surface area contributed by atoms with E-state index in [1.54, 1.807) is 0 Å². The quantitative estimate of drug-likeness (QED) is 0.725. The standard InChI is InChI=1S/C12H18O3/c1-9(13)11(8-12(14)15)7-10-5-3-2-4-6-10/h7,10H,2-6,8H2,1H3,(H,14,15)/b11-7+. The summed E-state index contributed by atoms with van der Waals surface area (Å²) in [5.74, 6) is -0.618. The van der Waals surface area contributed by atoms with Crippen molar-refractivity contribution in [3.8, 4) is 0 Å². The van der Waals surface area contributed by atoms with Crippen molar-refractivity contribution in [2.75, 3.05) is 0 Å². The Balaban J connectivity index is 2.64. The highest BCUT2D eigenvalue weighted by Crippen LogP contribution is 2.26. The molecule has 3 nitrogen and oxygen atoms in total. The van der Waals surface area contributed by atoms with E-state index in [9.17, 15) is 9.59 Å². The van der Waals surface area contributed by atoms with Gasteiger partial charge >= 0.3 is 5.97 Å². The molecule has 1 aliphatic carbocycles. The Kier molecular flexibility index (Phi) is 4.53. The highest BCUT2D eigenvalue weighted by Gasteiger charge is 2.15. The number of aliphatic carboxylic acids is 1. The molecule has 0 spiro atoms. The van der Waals surface area contributed by atoms with E-state index >= 15 is 0 Å². The van der Waals surface area contributed by atoms with Gasteiger partial charge in [-0.15, -0.1) is 0 Å². The zero-order valence-corrected chi connectivity index (χ0v) is 9.16. The number of carbonyl (C=O) groups excluding carboxylic acids is 1. The van der Waals surface area contributed by atoms with E-state index in [2.05, 4.69) is 0 Å². The second-order valence-corrected chi connectivity index (χ2v) is 4.22. The van der Waals surface area contributed by atoms with Crippen LogP contribution in [0, 0.1) is 5.92 Å². The molecule has 0 aromatic carbocycles. The number of hydrogen-bond donors (Lipinski definition) is 1. The highest BCUT2D eigenvalue weighted by molar-refractivity contribution is 5.97. The van der Waals surface area contributed by atoms with Crippen molar-refractivity contribution in [2.24, 2.45) is 5.92 Å². The van der Waals surface area contributed by atoms with Gasteiger partial charge in [0.25, 0.3) is 0 Å². The lowest BCUT2D eigenvalue weighted by atomic mass is 9.87. The van der Waals surface area contributed by atoms with Crippen molar-refractivity contribution < 1.29 is 14.7 Å². The van der Waals surface area contributed by atoms with E-state index in [4.69, 9.17) is 5.11 Å². The average Bonchev–Trinajstić information content (AvgIpc) is 2.17. The third-order valence-corrected chi connectivity index (χ3v) is 2.88. The van der Waals surface area contributed by atoms with Crippen LogP contribution in [0.4, 0.5) is 0 Å². The molecule has 0 saturated heterocycles. The molecule has 0 bridgehead atoms. The van der Waals surface area contributed by atoms with E-state index in [1.807, 2.05) is 6.08 Å². The van der Waals surface area contributed by atoms with Gasteiger partial charge in [-0.2, -0.15) is 0 Å². The first kappa shape index (κ1) is 12.0. The fourth-order valence-electron chi connectivity index (χ4n) is 2.05. The highest BCUT2D eigenvalue weighted by atomic mass is 16.4. The molecule has 0 amide bonds. The Labute approximate surface area is 90.2 Å². The third-order valence-electron chi connectivity index (χ3n) is 2.88. The summed E-state index contributed by atoms with van der Waals surface area (Å²) in [5.41, 5.74) is 0.467. The molecule has 0 aliphatic heterocycles. The van der Waals surface area contributed by atoms with Crippen LogP contribution < -0.4 is 0 Å². The topological polar surface area (TPSA) is 54.4 Å². The van der Waals surface area contributed by atoms with E-state index in [0.29, 0.717) is 11.5 Å². The maximum atomic E-state index is 11.2. The fraction of sp³-hybridized carbons (Fsp3) is 0.667. The summed E-state index contributed by atoms with van der Waals surface area (Å²) in [6.45, 7) is 1.44. The van der Waals surface area contributed by atoms with Gasteiger partial charge < -0.3 is 5.11 Å². The number of ketones is 1. The average molecular weight is 210 g/mol. The zero-order chi connectivity index (χ0) is 11.3. The van der Waals surface area contributed by atoms with Crippen molar-refractivity contribution in [1.29, 1.82) is 0 Å². The summed E-state index contributed by atoms with van der Waals surface area (Å²) >= 11 is 0. The molecule has 84 valence electrons. The number of rotatable bonds is 4. The lowest BCUT2D eigenvalue weighted by Gasteiger charge is -2.18. The van der Waals surface area contributed by atoms with Crippen molar-refractivity contribution in [3.05, 3.63) is 11.6 Å². The SMILES string of the molecule is CC(=O)/C(=C/C1CCCCC1)CC(=O)O. The van der Waals surface area contributed by atoms with Gasteiger partial charge in [0.15, 0.2) is 5.78 Å². The van der Waals surface area contributed by atoms with Gasteiger partial charge in [0.2, 0.25) is 0 Å². The Hall–Kier alpha value is -1.12. The minimum atomic E-state index is -0.924. The van der Waals surface area contributed by atoms with Crippen LogP contribution in [0.1, 0.15) is 45.4 Å². The smallest absolute Gasteiger partial charge is 0.307 e. The van der Waals surface area contributed by atoms with Gasteiger partial charge in [-0.1, -0.05) is 25.3 Å². The molecule has 1 N–H and O–H groups in total. The van der Waals surface area contributed by atoms with E-state index in [1.165, 1.54) is 26.2 Å². The molecular weight excluding hydrogens is 192 g/mol. The Morgan fingerprint density at radius 3 is 2.33 bits per heavy atom. The zero-order valence-electron chi connectivity index (χ0n) is 9.16. The van der Waals surface area contributed by atoms with Crippen LogP contribution in [0.3, 0.4) is 0 Å². The second-order valence-electron chi connectivity index (χ2n) is 4.22. The van der Waals surface area contributed by atoms with Gasteiger partial charge in [-0.05, 0) is 25.7 Å². The van der Waals surface area contributed by atoms with Gasteiger partial charge in [0.05, 0.1) is 6.42 Å².